The van der Waals surface area contributed by atoms with E-state index in [4.69, 9.17) is 11.6 Å². The van der Waals surface area contributed by atoms with Crippen molar-refractivity contribution in [2.75, 3.05) is 28.6 Å². The SMILES string of the molecule is CC1CC(C(=O)Nc2ccc(N3CCCC(O)C3=O)cc2F)N(C(=O)Nc2ccc(Cl)cc2)C1. The van der Waals surface area contributed by atoms with Crippen LogP contribution in [-0.2, 0) is 9.59 Å². The van der Waals surface area contributed by atoms with Crippen molar-refractivity contribution < 1.29 is 23.9 Å². The summed E-state index contributed by atoms with van der Waals surface area (Å²) in [4.78, 5) is 40.8. The van der Waals surface area contributed by atoms with Gasteiger partial charge in [-0.2, -0.15) is 0 Å². The van der Waals surface area contributed by atoms with E-state index in [9.17, 15) is 23.9 Å². The molecule has 2 aromatic carbocycles. The highest BCUT2D eigenvalue weighted by atomic mass is 35.5. The molecule has 34 heavy (non-hydrogen) atoms. The zero-order valence-electron chi connectivity index (χ0n) is 18.6. The summed E-state index contributed by atoms with van der Waals surface area (Å²) in [5.74, 6) is -1.58. The summed E-state index contributed by atoms with van der Waals surface area (Å²) in [6.07, 6.45) is 0.347. The Kier molecular flexibility index (Phi) is 7.04. The van der Waals surface area contributed by atoms with Gasteiger partial charge in [-0.05, 0) is 67.6 Å². The van der Waals surface area contributed by atoms with Crippen LogP contribution in [0.4, 0.5) is 26.2 Å². The van der Waals surface area contributed by atoms with Crippen molar-refractivity contribution in [3.8, 4) is 0 Å². The molecule has 8 nitrogen and oxygen atoms in total. The van der Waals surface area contributed by atoms with Crippen LogP contribution >= 0.6 is 11.6 Å². The second-order valence-electron chi connectivity index (χ2n) is 8.75. The number of benzene rings is 2. The van der Waals surface area contributed by atoms with E-state index >= 15 is 0 Å². The van der Waals surface area contributed by atoms with Gasteiger partial charge in [-0.25, -0.2) is 9.18 Å². The summed E-state index contributed by atoms with van der Waals surface area (Å²) in [5, 5.41) is 15.7. The fourth-order valence-corrected chi connectivity index (χ4v) is 4.48. The van der Waals surface area contributed by atoms with E-state index in [0.29, 0.717) is 48.7 Å². The van der Waals surface area contributed by atoms with Crippen molar-refractivity contribution >= 4 is 46.5 Å². The number of rotatable bonds is 4. The molecule has 3 atom stereocenters. The molecule has 2 aromatic rings. The number of anilines is 3. The Morgan fingerprint density at radius 2 is 1.88 bits per heavy atom. The smallest absolute Gasteiger partial charge is 0.322 e. The van der Waals surface area contributed by atoms with Crippen LogP contribution in [0.15, 0.2) is 42.5 Å². The Morgan fingerprint density at radius 1 is 1.15 bits per heavy atom. The minimum absolute atomic E-state index is 0.0450. The Labute approximate surface area is 201 Å². The molecule has 180 valence electrons. The summed E-state index contributed by atoms with van der Waals surface area (Å²) in [6, 6.07) is 9.51. The highest BCUT2D eigenvalue weighted by Gasteiger charge is 2.38. The number of nitrogens with zero attached hydrogens (tertiary/aromatic N) is 2. The number of piperidine rings is 1. The molecule has 2 aliphatic rings. The number of halogens is 2. The normalized spacial score (nSPS) is 22.6. The molecule has 0 aromatic heterocycles. The Balaban J connectivity index is 1.44. The largest absolute Gasteiger partial charge is 0.383 e. The summed E-state index contributed by atoms with van der Waals surface area (Å²) >= 11 is 5.88. The van der Waals surface area contributed by atoms with Crippen molar-refractivity contribution in [2.24, 2.45) is 5.92 Å². The number of hydrogen-bond acceptors (Lipinski definition) is 4. The van der Waals surface area contributed by atoms with Gasteiger partial charge in [-0.1, -0.05) is 18.5 Å². The Bertz CT molecular complexity index is 1100. The third-order valence-electron chi connectivity index (χ3n) is 6.10. The lowest BCUT2D eigenvalue weighted by Crippen LogP contribution is -2.45. The van der Waals surface area contributed by atoms with Gasteiger partial charge in [0.2, 0.25) is 5.91 Å². The van der Waals surface area contributed by atoms with Crippen molar-refractivity contribution in [2.45, 2.75) is 38.3 Å². The highest BCUT2D eigenvalue weighted by molar-refractivity contribution is 6.30. The molecular formula is C24H26ClFN4O4. The lowest BCUT2D eigenvalue weighted by atomic mass is 10.1. The fraction of sp³-hybridized carbons (Fsp3) is 0.375. The number of carbonyl (C=O) groups excluding carboxylic acids is 3. The quantitative estimate of drug-likeness (QED) is 0.608. The maximum absolute atomic E-state index is 14.8. The van der Waals surface area contributed by atoms with Gasteiger partial charge < -0.3 is 25.5 Å². The second kappa shape index (κ2) is 9.99. The molecule has 10 heteroatoms. The summed E-state index contributed by atoms with van der Waals surface area (Å²) < 4.78 is 14.8. The van der Waals surface area contributed by atoms with Crippen LogP contribution in [0.3, 0.4) is 0 Å². The first-order valence-electron chi connectivity index (χ1n) is 11.2. The average molecular weight is 489 g/mol. The number of urea groups is 1. The van der Waals surface area contributed by atoms with Gasteiger partial charge >= 0.3 is 6.03 Å². The maximum atomic E-state index is 14.8. The number of aliphatic hydroxyl groups is 1. The van der Waals surface area contributed by atoms with Crippen molar-refractivity contribution in [3.05, 3.63) is 53.3 Å². The first-order valence-corrected chi connectivity index (χ1v) is 11.5. The van der Waals surface area contributed by atoms with Gasteiger partial charge in [0.25, 0.3) is 5.91 Å². The molecule has 0 aliphatic carbocycles. The number of carbonyl (C=O) groups is 3. The summed E-state index contributed by atoms with van der Waals surface area (Å²) in [6.45, 7) is 2.71. The molecule has 2 aliphatic heterocycles. The van der Waals surface area contributed by atoms with Gasteiger partial charge in [-0.3, -0.25) is 9.59 Å². The van der Waals surface area contributed by atoms with E-state index in [1.54, 1.807) is 24.3 Å². The molecule has 3 N–H and O–H groups in total. The van der Waals surface area contributed by atoms with Crippen molar-refractivity contribution in [3.63, 3.8) is 0 Å². The number of aliphatic hydroxyl groups excluding tert-OH is 1. The molecule has 3 unspecified atom stereocenters. The lowest BCUT2D eigenvalue weighted by molar-refractivity contribution is -0.128. The predicted molar refractivity (Wildman–Crippen MR) is 127 cm³/mol. The van der Waals surface area contributed by atoms with Gasteiger partial charge in [-0.15, -0.1) is 0 Å². The number of nitrogens with one attached hydrogen (secondary N) is 2. The molecule has 0 bridgehead atoms. The first kappa shape index (κ1) is 24.0. The van der Waals surface area contributed by atoms with Gasteiger partial charge in [0.1, 0.15) is 18.0 Å². The van der Waals surface area contributed by atoms with Gasteiger partial charge in [0.05, 0.1) is 5.69 Å². The molecule has 2 heterocycles. The second-order valence-corrected chi connectivity index (χ2v) is 9.18. The summed E-state index contributed by atoms with van der Waals surface area (Å²) in [7, 11) is 0. The van der Waals surface area contributed by atoms with E-state index in [2.05, 4.69) is 10.6 Å². The standard InChI is InChI=1S/C24H26ClFN4O4/c1-14-11-20(30(13-14)24(34)27-16-6-4-15(25)5-7-16)22(32)28-19-9-8-17(12-18(19)26)29-10-2-3-21(31)23(29)33/h4-9,12,14,20-21,31H,2-3,10-11,13H2,1H3,(H,27,34)(H,28,32). The van der Waals surface area contributed by atoms with Crippen LogP contribution in [0.25, 0.3) is 0 Å². The van der Waals surface area contributed by atoms with E-state index in [1.807, 2.05) is 6.92 Å². The molecule has 0 saturated carbocycles. The van der Waals surface area contributed by atoms with Crippen LogP contribution in [0.1, 0.15) is 26.2 Å². The number of likely N-dealkylation sites (tertiary alicyclic amines) is 1. The summed E-state index contributed by atoms with van der Waals surface area (Å²) in [5.41, 5.74) is 0.821. The Morgan fingerprint density at radius 3 is 2.59 bits per heavy atom. The fourth-order valence-electron chi connectivity index (χ4n) is 4.35. The third-order valence-corrected chi connectivity index (χ3v) is 6.35. The molecule has 4 amide bonds. The zero-order chi connectivity index (χ0) is 24.4. The highest BCUT2D eigenvalue weighted by Crippen LogP contribution is 2.28. The number of hydrogen-bond donors (Lipinski definition) is 3. The topological polar surface area (TPSA) is 102 Å². The van der Waals surface area contributed by atoms with Crippen LogP contribution < -0.4 is 15.5 Å². The molecule has 0 spiro atoms. The van der Waals surface area contributed by atoms with Crippen LogP contribution in [0.2, 0.25) is 5.02 Å². The average Bonchev–Trinajstić information content (AvgIpc) is 3.20. The van der Waals surface area contributed by atoms with Crippen LogP contribution in [-0.4, -0.2) is 53.1 Å². The molecule has 2 saturated heterocycles. The van der Waals surface area contributed by atoms with E-state index in [1.165, 1.54) is 21.9 Å². The van der Waals surface area contributed by atoms with E-state index < -0.39 is 35.8 Å². The van der Waals surface area contributed by atoms with Gasteiger partial charge in [0.15, 0.2) is 0 Å². The zero-order valence-corrected chi connectivity index (χ0v) is 19.4. The van der Waals surface area contributed by atoms with Gasteiger partial charge in [0, 0.05) is 29.5 Å². The minimum Gasteiger partial charge on any atom is -0.383 e. The minimum atomic E-state index is -1.09. The monoisotopic (exact) mass is 488 g/mol. The molecule has 0 radical (unpaired) electrons. The first-order chi connectivity index (χ1) is 16.2. The maximum Gasteiger partial charge on any atom is 0.322 e. The van der Waals surface area contributed by atoms with Crippen LogP contribution in [0.5, 0.6) is 0 Å². The van der Waals surface area contributed by atoms with Crippen molar-refractivity contribution in [1.82, 2.24) is 4.90 Å². The van der Waals surface area contributed by atoms with Crippen LogP contribution in [0, 0.1) is 11.7 Å². The Hall–Kier alpha value is -3.17. The predicted octanol–water partition coefficient (Wildman–Crippen LogP) is 3.85. The number of amides is 4. The molecular weight excluding hydrogens is 463 g/mol. The lowest BCUT2D eigenvalue weighted by Gasteiger charge is -2.30. The molecule has 2 fully saturated rings. The van der Waals surface area contributed by atoms with E-state index in [0.717, 1.165) is 6.07 Å². The molecule has 4 rings (SSSR count). The third kappa shape index (κ3) is 5.15. The van der Waals surface area contributed by atoms with E-state index in [-0.39, 0.29) is 11.6 Å². The van der Waals surface area contributed by atoms with Crippen molar-refractivity contribution in [1.29, 1.82) is 0 Å².